The van der Waals surface area contributed by atoms with Gasteiger partial charge in [0, 0.05) is 6.54 Å². The van der Waals surface area contributed by atoms with Gasteiger partial charge < -0.3 is 15.2 Å². The van der Waals surface area contributed by atoms with Crippen molar-refractivity contribution in [2.75, 3.05) is 13.2 Å². The normalized spacial score (nSPS) is 11.1. The van der Waals surface area contributed by atoms with Gasteiger partial charge in [-0.2, -0.15) is 0 Å². The molecule has 1 rings (SSSR count). The number of hydrogen-bond donors (Lipinski definition) is 2. The Kier molecular flexibility index (Phi) is 4.52. The lowest BCUT2D eigenvalue weighted by Gasteiger charge is -2.18. The fraction of sp³-hybridized carbons (Fsp3) is 0.462. The van der Waals surface area contributed by atoms with E-state index in [4.69, 9.17) is 9.84 Å². The summed E-state index contributed by atoms with van der Waals surface area (Å²) >= 11 is 0. The molecule has 0 radical (unpaired) electrons. The van der Waals surface area contributed by atoms with Gasteiger partial charge >= 0.3 is 6.09 Å². The SMILES string of the molecule is CC(C)(C)c1ccc(OC(=O)NCCO)cc1. The number of carbonyl (C=O) groups excluding carboxylic acids is 1. The van der Waals surface area contributed by atoms with E-state index in [0.717, 1.165) is 0 Å². The molecule has 0 aliphatic heterocycles. The zero-order chi connectivity index (χ0) is 12.9. The monoisotopic (exact) mass is 237 g/mol. The Labute approximate surface area is 102 Å². The second-order valence-electron chi connectivity index (χ2n) is 4.81. The smallest absolute Gasteiger partial charge is 0.410 e. The molecule has 0 atom stereocenters. The molecule has 0 unspecified atom stereocenters. The summed E-state index contributed by atoms with van der Waals surface area (Å²) in [6.07, 6.45) is -0.553. The van der Waals surface area contributed by atoms with E-state index in [-0.39, 0.29) is 18.6 Å². The maximum absolute atomic E-state index is 11.2. The number of benzene rings is 1. The van der Waals surface area contributed by atoms with Gasteiger partial charge in [-0.05, 0) is 23.1 Å². The minimum Gasteiger partial charge on any atom is -0.410 e. The van der Waals surface area contributed by atoms with E-state index in [9.17, 15) is 4.79 Å². The standard InChI is InChI=1S/C13H19NO3/c1-13(2,3)10-4-6-11(7-5-10)17-12(16)14-8-9-15/h4-7,15H,8-9H2,1-3H3,(H,14,16). The van der Waals surface area contributed by atoms with E-state index in [1.54, 1.807) is 12.1 Å². The molecule has 0 saturated carbocycles. The van der Waals surface area contributed by atoms with Crippen LogP contribution in [0.4, 0.5) is 4.79 Å². The maximum atomic E-state index is 11.2. The third-order valence-corrected chi connectivity index (χ3v) is 2.31. The fourth-order valence-electron chi connectivity index (χ4n) is 1.32. The fourth-order valence-corrected chi connectivity index (χ4v) is 1.32. The van der Waals surface area contributed by atoms with Crippen molar-refractivity contribution in [3.63, 3.8) is 0 Å². The Morgan fingerprint density at radius 2 is 1.88 bits per heavy atom. The quantitative estimate of drug-likeness (QED) is 0.846. The zero-order valence-electron chi connectivity index (χ0n) is 10.5. The molecule has 0 aliphatic carbocycles. The molecule has 17 heavy (non-hydrogen) atoms. The van der Waals surface area contributed by atoms with Crippen molar-refractivity contribution in [2.45, 2.75) is 26.2 Å². The van der Waals surface area contributed by atoms with Crippen LogP contribution in [-0.4, -0.2) is 24.4 Å². The van der Waals surface area contributed by atoms with Gasteiger partial charge in [0.05, 0.1) is 6.61 Å². The number of hydrogen-bond acceptors (Lipinski definition) is 3. The second kappa shape index (κ2) is 5.68. The molecule has 1 amide bonds. The molecule has 4 nitrogen and oxygen atoms in total. The Morgan fingerprint density at radius 3 is 2.35 bits per heavy atom. The summed E-state index contributed by atoms with van der Waals surface area (Å²) in [6, 6.07) is 7.40. The zero-order valence-corrected chi connectivity index (χ0v) is 10.5. The largest absolute Gasteiger partial charge is 0.412 e. The summed E-state index contributed by atoms with van der Waals surface area (Å²) in [6.45, 7) is 6.46. The lowest BCUT2D eigenvalue weighted by Crippen LogP contribution is -2.29. The number of amides is 1. The number of carbonyl (C=O) groups is 1. The molecule has 0 bridgehead atoms. The Bertz CT molecular complexity index is 365. The lowest BCUT2D eigenvalue weighted by molar-refractivity contribution is 0.195. The molecule has 0 spiro atoms. The minimum atomic E-state index is -0.553. The summed E-state index contributed by atoms with van der Waals surface area (Å²) in [5.41, 5.74) is 1.26. The van der Waals surface area contributed by atoms with Crippen LogP contribution in [0.1, 0.15) is 26.3 Å². The summed E-state index contributed by atoms with van der Waals surface area (Å²) in [7, 11) is 0. The number of aliphatic hydroxyl groups excluding tert-OH is 1. The molecule has 2 N–H and O–H groups in total. The van der Waals surface area contributed by atoms with E-state index < -0.39 is 6.09 Å². The van der Waals surface area contributed by atoms with E-state index in [0.29, 0.717) is 5.75 Å². The van der Waals surface area contributed by atoms with Crippen molar-refractivity contribution in [3.8, 4) is 5.75 Å². The highest BCUT2D eigenvalue weighted by molar-refractivity contribution is 5.70. The van der Waals surface area contributed by atoms with Crippen LogP contribution in [0.5, 0.6) is 5.75 Å². The molecular formula is C13H19NO3. The third kappa shape index (κ3) is 4.44. The Balaban J connectivity index is 2.60. The van der Waals surface area contributed by atoms with E-state index in [1.807, 2.05) is 12.1 Å². The van der Waals surface area contributed by atoms with Gasteiger partial charge in [-0.1, -0.05) is 32.9 Å². The summed E-state index contributed by atoms with van der Waals surface area (Å²) < 4.78 is 5.02. The van der Waals surface area contributed by atoms with Crippen LogP contribution in [0.2, 0.25) is 0 Å². The molecule has 0 heterocycles. The van der Waals surface area contributed by atoms with Gasteiger partial charge in [0.15, 0.2) is 0 Å². The third-order valence-electron chi connectivity index (χ3n) is 2.31. The van der Waals surface area contributed by atoms with Crippen LogP contribution in [-0.2, 0) is 5.41 Å². The van der Waals surface area contributed by atoms with E-state index in [2.05, 4.69) is 26.1 Å². The molecule has 1 aromatic rings. The van der Waals surface area contributed by atoms with Crippen LogP contribution < -0.4 is 10.1 Å². The molecule has 1 aromatic carbocycles. The highest BCUT2D eigenvalue weighted by Gasteiger charge is 2.13. The first-order valence-electron chi connectivity index (χ1n) is 5.60. The molecular weight excluding hydrogens is 218 g/mol. The average Bonchev–Trinajstić information content (AvgIpc) is 2.26. The Hall–Kier alpha value is -1.55. The van der Waals surface area contributed by atoms with Gasteiger partial charge in [-0.25, -0.2) is 4.79 Å². The number of rotatable bonds is 3. The van der Waals surface area contributed by atoms with Gasteiger partial charge in [-0.3, -0.25) is 0 Å². The van der Waals surface area contributed by atoms with Crippen LogP contribution in [0.3, 0.4) is 0 Å². The van der Waals surface area contributed by atoms with Crippen molar-refractivity contribution in [1.29, 1.82) is 0 Å². The Morgan fingerprint density at radius 1 is 1.29 bits per heavy atom. The van der Waals surface area contributed by atoms with Crippen molar-refractivity contribution in [3.05, 3.63) is 29.8 Å². The summed E-state index contributed by atoms with van der Waals surface area (Å²) in [5, 5.41) is 11.0. The minimum absolute atomic E-state index is 0.0810. The van der Waals surface area contributed by atoms with Crippen LogP contribution in [0, 0.1) is 0 Å². The molecule has 0 fully saturated rings. The number of aliphatic hydroxyl groups is 1. The van der Waals surface area contributed by atoms with Crippen LogP contribution >= 0.6 is 0 Å². The topological polar surface area (TPSA) is 58.6 Å². The molecule has 0 aromatic heterocycles. The molecule has 4 heteroatoms. The highest BCUT2D eigenvalue weighted by atomic mass is 16.6. The van der Waals surface area contributed by atoms with Gasteiger partial charge in [-0.15, -0.1) is 0 Å². The second-order valence-corrected chi connectivity index (χ2v) is 4.81. The average molecular weight is 237 g/mol. The summed E-state index contributed by atoms with van der Waals surface area (Å²) in [5.74, 6) is 0.494. The van der Waals surface area contributed by atoms with E-state index in [1.165, 1.54) is 5.56 Å². The first-order chi connectivity index (χ1) is 7.93. The molecule has 0 saturated heterocycles. The first-order valence-corrected chi connectivity index (χ1v) is 5.60. The molecule has 0 aliphatic rings. The van der Waals surface area contributed by atoms with Gasteiger partial charge in [0.2, 0.25) is 0 Å². The van der Waals surface area contributed by atoms with Gasteiger partial charge in [0.1, 0.15) is 5.75 Å². The number of ether oxygens (including phenoxy) is 1. The van der Waals surface area contributed by atoms with E-state index >= 15 is 0 Å². The summed E-state index contributed by atoms with van der Waals surface area (Å²) in [4.78, 5) is 11.2. The predicted molar refractivity (Wildman–Crippen MR) is 66.3 cm³/mol. The van der Waals surface area contributed by atoms with Gasteiger partial charge in [0.25, 0.3) is 0 Å². The van der Waals surface area contributed by atoms with Crippen molar-refractivity contribution in [1.82, 2.24) is 5.32 Å². The van der Waals surface area contributed by atoms with Crippen molar-refractivity contribution >= 4 is 6.09 Å². The van der Waals surface area contributed by atoms with Crippen LogP contribution in [0.15, 0.2) is 24.3 Å². The van der Waals surface area contributed by atoms with Crippen LogP contribution in [0.25, 0.3) is 0 Å². The highest BCUT2D eigenvalue weighted by Crippen LogP contribution is 2.24. The number of nitrogens with one attached hydrogen (secondary N) is 1. The maximum Gasteiger partial charge on any atom is 0.412 e. The van der Waals surface area contributed by atoms with Crippen molar-refractivity contribution < 1.29 is 14.6 Å². The molecule has 94 valence electrons. The lowest BCUT2D eigenvalue weighted by atomic mass is 9.87. The van der Waals surface area contributed by atoms with Crippen molar-refractivity contribution in [2.24, 2.45) is 0 Å². The predicted octanol–water partition coefficient (Wildman–Crippen LogP) is 2.06. The first kappa shape index (κ1) is 13.5.